The molecular weight excluding hydrogens is 297 g/mol. The summed E-state index contributed by atoms with van der Waals surface area (Å²) in [6.07, 6.45) is 3.52. The van der Waals surface area contributed by atoms with Crippen LogP contribution >= 0.6 is 39.1 Å². The van der Waals surface area contributed by atoms with Crippen LogP contribution < -0.4 is 0 Å². The summed E-state index contributed by atoms with van der Waals surface area (Å²) in [6, 6.07) is 7.50. The Bertz CT molecular complexity index is 500. The van der Waals surface area contributed by atoms with Crippen LogP contribution in [0.25, 0.3) is 11.1 Å². The molecule has 4 heteroatoms. The van der Waals surface area contributed by atoms with Crippen molar-refractivity contribution in [2.45, 2.75) is 0 Å². The first-order valence-corrected chi connectivity index (χ1v) is 5.78. The first-order valence-electron chi connectivity index (χ1n) is 4.23. The van der Waals surface area contributed by atoms with Crippen molar-refractivity contribution in [3.8, 4) is 11.1 Å². The second-order valence-corrected chi connectivity index (χ2v) is 4.75. The molecule has 0 saturated heterocycles. The van der Waals surface area contributed by atoms with E-state index in [0.717, 1.165) is 15.6 Å². The van der Waals surface area contributed by atoms with Crippen LogP contribution in [0.1, 0.15) is 0 Å². The number of nitrogens with zero attached hydrogens (tertiary/aromatic N) is 1. The Morgan fingerprint density at radius 3 is 2.40 bits per heavy atom. The summed E-state index contributed by atoms with van der Waals surface area (Å²) in [5, 5.41) is 1.11. The summed E-state index contributed by atoms with van der Waals surface area (Å²) < 4.78 is 0.936. The van der Waals surface area contributed by atoms with Gasteiger partial charge in [-0.15, -0.1) is 0 Å². The normalized spacial score (nSPS) is 10.3. The minimum absolute atomic E-state index is 0.550. The number of aromatic nitrogens is 1. The second-order valence-electron chi connectivity index (χ2n) is 3.02. The molecule has 0 aliphatic carbocycles. The van der Waals surface area contributed by atoms with E-state index in [1.54, 1.807) is 18.5 Å². The Balaban J connectivity index is 2.50. The van der Waals surface area contributed by atoms with Crippen molar-refractivity contribution in [3.63, 3.8) is 0 Å². The van der Waals surface area contributed by atoms with Crippen molar-refractivity contribution in [1.29, 1.82) is 0 Å². The molecule has 0 aliphatic rings. The van der Waals surface area contributed by atoms with E-state index in [0.29, 0.717) is 10.0 Å². The summed E-state index contributed by atoms with van der Waals surface area (Å²) in [4.78, 5) is 4.09. The van der Waals surface area contributed by atoms with Crippen LogP contribution in [0.2, 0.25) is 10.0 Å². The van der Waals surface area contributed by atoms with Gasteiger partial charge in [-0.05, 0) is 39.7 Å². The maximum Gasteiger partial charge on any atom is 0.0598 e. The van der Waals surface area contributed by atoms with Gasteiger partial charge in [-0.2, -0.15) is 0 Å². The van der Waals surface area contributed by atoms with Crippen molar-refractivity contribution >= 4 is 39.1 Å². The largest absolute Gasteiger partial charge is 0.263 e. The predicted octanol–water partition coefficient (Wildman–Crippen LogP) is 4.82. The molecule has 1 nitrogen and oxygen atoms in total. The summed E-state index contributed by atoms with van der Waals surface area (Å²) in [5.74, 6) is 0. The molecular formula is C11H6BrCl2N. The maximum atomic E-state index is 5.94. The fourth-order valence-electron chi connectivity index (χ4n) is 1.25. The van der Waals surface area contributed by atoms with Crippen LogP contribution in [-0.4, -0.2) is 4.98 Å². The highest BCUT2D eigenvalue weighted by Crippen LogP contribution is 2.29. The van der Waals surface area contributed by atoms with Crippen LogP contribution in [0.4, 0.5) is 0 Å². The van der Waals surface area contributed by atoms with Crippen molar-refractivity contribution in [2.24, 2.45) is 0 Å². The molecule has 0 aliphatic heterocycles. The molecule has 0 saturated carbocycles. The summed E-state index contributed by atoms with van der Waals surface area (Å²) >= 11 is 15.2. The van der Waals surface area contributed by atoms with Gasteiger partial charge in [0.05, 0.1) is 10.0 Å². The zero-order chi connectivity index (χ0) is 10.8. The number of rotatable bonds is 1. The summed E-state index contributed by atoms with van der Waals surface area (Å²) in [6.45, 7) is 0. The van der Waals surface area contributed by atoms with E-state index in [4.69, 9.17) is 23.2 Å². The van der Waals surface area contributed by atoms with Gasteiger partial charge in [-0.3, -0.25) is 4.98 Å². The van der Waals surface area contributed by atoms with Crippen LogP contribution in [0.5, 0.6) is 0 Å². The molecule has 1 aromatic heterocycles. The van der Waals surface area contributed by atoms with Gasteiger partial charge in [0, 0.05) is 22.4 Å². The van der Waals surface area contributed by atoms with E-state index >= 15 is 0 Å². The van der Waals surface area contributed by atoms with Gasteiger partial charge in [-0.25, -0.2) is 0 Å². The minimum atomic E-state index is 0.550. The molecule has 0 N–H and O–H groups in total. The second kappa shape index (κ2) is 4.52. The van der Waals surface area contributed by atoms with Crippen molar-refractivity contribution in [3.05, 3.63) is 51.2 Å². The summed E-state index contributed by atoms with van der Waals surface area (Å²) in [7, 11) is 0. The number of halogens is 3. The van der Waals surface area contributed by atoms with E-state index < -0.39 is 0 Å². The van der Waals surface area contributed by atoms with Crippen molar-refractivity contribution < 1.29 is 0 Å². The Hall–Kier alpha value is -0.570. The van der Waals surface area contributed by atoms with Gasteiger partial charge >= 0.3 is 0 Å². The zero-order valence-electron chi connectivity index (χ0n) is 7.55. The molecule has 2 aromatic rings. The van der Waals surface area contributed by atoms with Gasteiger partial charge in [0.2, 0.25) is 0 Å². The van der Waals surface area contributed by atoms with Crippen molar-refractivity contribution in [1.82, 2.24) is 4.98 Å². The fourth-order valence-corrected chi connectivity index (χ4v) is 1.91. The SMILES string of the molecule is Clc1ccc(-c2cncc(Br)c2)cc1Cl. The minimum Gasteiger partial charge on any atom is -0.263 e. The molecule has 2 rings (SSSR count). The van der Waals surface area contributed by atoms with Gasteiger partial charge in [0.15, 0.2) is 0 Å². The van der Waals surface area contributed by atoms with Crippen LogP contribution in [0, 0.1) is 0 Å². The van der Waals surface area contributed by atoms with E-state index in [9.17, 15) is 0 Å². The molecule has 1 aromatic carbocycles. The maximum absolute atomic E-state index is 5.94. The predicted molar refractivity (Wildman–Crippen MR) is 67.4 cm³/mol. The molecule has 0 bridgehead atoms. The van der Waals surface area contributed by atoms with Gasteiger partial charge in [-0.1, -0.05) is 29.3 Å². The van der Waals surface area contributed by atoms with E-state index in [1.807, 2.05) is 18.2 Å². The third-order valence-electron chi connectivity index (χ3n) is 1.96. The van der Waals surface area contributed by atoms with Crippen LogP contribution in [-0.2, 0) is 0 Å². The molecule has 0 amide bonds. The smallest absolute Gasteiger partial charge is 0.0598 e. The van der Waals surface area contributed by atoms with Gasteiger partial charge in [0.1, 0.15) is 0 Å². The molecule has 0 unspecified atom stereocenters. The highest BCUT2D eigenvalue weighted by atomic mass is 79.9. The number of hydrogen-bond acceptors (Lipinski definition) is 1. The van der Waals surface area contributed by atoms with Crippen LogP contribution in [0.15, 0.2) is 41.1 Å². The lowest BCUT2D eigenvalue weighted by atomic mass is 10.1. The Morgan fingerprint density at radius 1 is 0.933 bits per heavy atom. The lowest BCUT2D eigenvalue weighted by Gasteiger charge is -2.03. The van der Waals surface area contributed by atoms with E-state index in [-0.39, 0.29) is 0 Å². The van der Waals surface area contributed by atoms with Crippen molar-refractivity contribution in [2.75, 3.05) is 0 Å². The zero-order valence-corrected chi connectivity index (χ0v) is 10.6. The van der Waals surface area contributed by atoms with Gasteiger partial charge in [0.25, 0.3) is 0 Å². The highest BCUT2D eigenvalue weighted by molar-refractivity contribution is 9.10. The first kappa shape index (κ1) is 10.9. The molecule has 0 fully saturated rings. The average Bonchev–Trinajstić information content (AvgIpc) is 2.22. The number of benzene rings is 1. The van der Waals surface area contributed by atoms with Crippen LogP contribution in [0.3, 0.4) is 0 Å². The lowest BCUT2D eigenvalue weighted by molar-refractivity contribution is 1.31. The average molecular weight is 303 g/mol. The quantitative estimate of drug-likeness (QED) is 0.736. The van der Waals surface area contributed by atoms with Gasteiger partial charge < -0.3 is 0 Å². The molecule has 0 radical (unpaired) electrons. The number of pyridine rings is 1. The third-order valence-corrected chi connectivity index (χ3v) is 3.13. The standard InChI is InChI=1S/C11H6BrCl2N/c12-9-3-8(5-15-6-9)7-1-2-10(13)11(14)4-7/h1-6H. The lowest BCUT2D eigenvalue weighted by Crippen LogP contribution is -1.80. The monoisotopic (exact) mass is 301 g/mol. The molecule has 76 valence electrons. The Morgan fingerprint density at radius 2 is 1.73 bits per heavy atom. The fraction of sp³-hybridized carbons (Fsp3) is 0. The Kier molecular flexibility index (Phi) is 3.29. The third kappa shape index (κ3) is 2.51. The topological polar surface area (TPSA) is 12.9 Å². The summed E-state index contributed by atoms with van der Waals surface area (Å²) in [5.41, 5.74) is 2.00. The van der Waals surface area contributed by atoms with E-state index in [1.165, 1.54) is 0 Å². The molecule has 0 atom stereocenters. The highest BCUT2D eigenvalue weighted by Gasteiger charge is 2.02. The number of hydrogen-bond donors (Lipinski definition) is 0. The first-order chi connectivity index (χ1) is 7.16. The molecule has 15 heavy (non-hydrogen) atoms. The molecule has 1 heterocycles. The molecule has 0 spiro atoms. The Labute approximate surface area is 106 Å². The van der Waals surface area contributed by atoms with E-state index in [2.05, 4.69) is 20.9 Å².